The largest absolute Gasteiger partial charge is 0.493 e. The van der Waals surface area contributed by atoms with E-state index in [1.54, 1.807) is 0 Å². The monoisotopic (exact) mass is 627 g/mol. The van der Waals surface area contributed by atoms with Crippen molar-refractivity contribution in [3.63, 3.8) is 0 Å². The summed E-state index contributed by atoms with van der Waals surface area (Å²) in [4.78, 5) is 38.2. The fourth-order valence-corrected chi connectivity index (χ4v) is 5.57. The Kier molecular flexibility index (Phi) is 18.0. The van der Waals surface area contributed by atoms with Crippen molar-refractivity contribution >= 4 is 22.9 Å². The quantitative estimate of drug-likeness (QED) is 0.0775. The van der Waals surface area contributed by atoms with Crippen LogP contribution in [-0.4, -0.2) is 49.5 Å². The summed E-state index contributed by atoms with van der Waals surface area (Å²) in [6, 6.07) is 6.57. The average molecular weight is 628 g/mol. The van der Waals surface area contributed by atoms with Crippen LogP contribution in [0.5, 0.6) is 5.75 Å². The molecule has 0 N–H and O–H groups in total. The van der Waals surface area contributed by atoms with Crippen LogP contribution in [0.3, 0.4) is 0 Å². The highest BCUT2D eigenvalue weighted by Crippen LogP contribution is 2.41. The number of allylic oxidation sites excluding steroid dienone is 4. The van der Waals surface area contributed by atoms with E-state index in [0.29, 0.717) is 25.4 Å². The van der Waals surface area contributed by atoms with Crippen LogP contribution in [0.25, 0.3) is 5.57 Å². The van der Waals surface area contributed by atoms with Crippen LogP contribution in [0, 0.1) is 35.5 Å². The first-order valence-electron chi connectivity index (χ1n) is 17.4. The SMILES string of the molecule is CCCC/C(=C\C(=O)CC#CC[C@H](c1ccc(C2=CC2)c(OCC)c1)[C@@H](C)[C@@H](C)CCC#CC(=O)CCC(C)=O)CCCN(C)C. The Labute approximate surface area is 279 Å². The molecule has 1 aromatic rings. The number of ketones is 3. The highest BCUT2D eigenvalue weighted by Gasteiger charge is 2.25. The number of carbonyl (C=O) groups excluding carboxylic acids is 3. The predicted molar refractivity (Wildman–Crippen MR) is 191 cm³/mol. The van der Waals surface area contributed by atoms with Gasteiger partial charge in [0.15, 0.2) is 5.78 Å². The number of unbranched alkanes of at least 4 members (excludes halogenated alkanes) is 1. The maximum Gasteiger partial charge on any atom is 0.205 e. The van der Waals surface area contributed by atoms with Crippen molar-refractivity contribution in [1.82, 2.24) is 4.90 Å². The van der Waals surface area contributed by atoms with Gasteiger partial charge in [-0.3, -0.25) is 9.59 Å². The lowest BCUT2D eigenvalue weighted by Gasteiger charge is -2.28. The lowest BCUT2D eigenvalue weighted by molar-refractivity contribution is -0.120. The molecule has 0 aromatic heterocycles. The van der Waals surface area contributed by atoms with Gasteiger partial charge in [-0.15, -0.1) is 5.92 Å². The minimum atomic E-state index is -0.172. The average Bonchev–Trinajstić information content (AvgIpc) is 3.86. The van der Waals surface area contributed by atoms with Crippen LogP contribution in [0.1, 0.15) is 129 Å². The van der Waals surface area contributed by atoms with E-state index in [1.807, 2.05) is 13.0 Å². The Bertz CT molecular complexity index is 1340. The van der Waals surface area contributed by atoms with E-state index in [4.69, 9.17) is 4.74 Å². The maximum atomic E-state index is 12.9. The molecule has 0 amide bonds. The second-order valence-corrected chi connectivity index (χ2v) is 13.0. The molecule has 3 atom stereocenters. The number of hydrogen-bond acceptors (Lipinski definition) is 5. The first-order valence-corrected chi connectivity index (χ1v) is 17.4. The van der Waals surface area contributed by atoms with Crippen molar-refractivity contribution in [3.8, 4) is 29.4 Å². The number of ether oxygens (including phenoxy) is 1. The van der Waals surface area contributed by atoms with Gasteiger partial charge in [0, 0.05) is 31.2 Å². The van der Waals surface area contributed by atoms with E-state index in [-0.39, 0.29) is 48.4 Å². The molecule has 5 nitrogen and oxygen atoms in total. The number of rotatable bonds is 21. The number of carbonyl (C=O) groups is 3. The van der Waals surface area contributed by atoms with Gasteiger partial charge in [-0.2, -0.15) is 0 Å². The zero-order valence-electron chi connectivity index (χ0n) is 29.6. The summed E-state index contributed by atoms with van der Waals surface area (Å²) >= 11 is 0. The molecule has 0 saturated heterocycles. The predicted octanol–water partition coefficient (Wildman–Crippen LogP) is 8.76. The molecular weight excluding hydrogens is 570 g/mol. The molecule has 0 unspecified atom stereocenters. The minimum absolute atomic E-state index is 0.00860. The summed E-state index contributed by atoms with van der Waals surface area (Å²) in [5.74, 6) is 13.9. The zero-order chi connectivity index (χ0) is 33.9. The fraction of sp³-hybridized carbons (Fsp3) is 0.585. The second kappa shape index (κ2) is 21.4. The Morgan fingerprint density at radius 1 is 1.00 bits per heavy atom. The summed E-state index contributed by atoms with van der Waals surface area (Å²) in [6.45, 7) is 11.8. The van der Waals surface area contributed by atoms with Crippen molar-refractivity contribution in [2.45, 2.75) is 118 Å². The Morgan fingerprint density at radius 3 is 2.39 bits per heavy atom. The Balaban J connectivity index is 2.17. The lowest BCUT2D eigenvalue weighted by atomic mass is 9.76. The summed E-state index contributed by atoms with van der Waals surface area (Å²) < 4.78 is 6.07. The van der Waals surface area contributed by atoms with Crippen LogP contribution >= 0.6 is 0 Å². The molecule has 5 heteroatoms. The summed E-state index contributed by atoms with van der Waals surface area (Å²) in [5.41, 5.74) is 4.94. The topological polar surface area (TPSA) is 63.7 Å². The van der Waals surface area contributed by atoms with Gasteiger partial charge < -0.3 is 14.4 Å². The molecule has 0 heterocycles. The molecule has 1 aliphatic carbocycles. The van der Waals surface area contributed by atoms with Crippen molar-refractivity contribution < 1.29 is 19.1 Å². The molecule has 1 aliphatic rings. The Morgan fingerprint density at radius 2 is 1.74 bits per heavy atom. The molecule has 0 radical (unpaired) electrons. The first-order chi connectivity index (χ1) is 22.0. The van der Waals surface area contributed by atoms with Gasteiger partial charge in [-0.05, 0) is 120 Å². The second-order valence-electron chi connectivity index (χ2n) is 13.0. The van der Waals surface area contributed by atoms with Gasteiger partial charge in [0.1, 0.15) is 11.5 Å². The molecule has 0 saturated carbocycles. The van der Waals surface area contributed by atoms with Gasteiger partial charge in [0.2, 0.25) is 5.78 Å². The van der Waals surface area contributed by atoms with E-state index < -0.39 is 0 Å². The van der Waals surface area contributed by atoms with Crippen molar-refractivity contribution in [2.75, 3.05) is 27.2 Å². The molecular formula is C41H57NO4. The van der Waals surface area contributed by atoms with Crippen molar-refractivity contribution in [1.29, 1.82) is 0 Å². The summed E-state index contributed by atoms with van der Waals surface area (Å²) in [5, 5.41) is 0. The van der Waals surface area contributed by atoms with E-state index in [0.717, 1.165) is 57.2 Å². The number of Topliss-reactive ketones (excluding diaryl/α,β-unsaturated/α-hetero) is 2. The van der Waals surface area contributed by atoms with Crippen LogP contribution < -0.4 is 4.74 Å². The third-order valence-corrected chi connectivity index (χ3v) is 8.71. The van der Waals surface area contributed by atoms with Gasteiger partial charge in [-0.1, -0.05) is 62.8 Å². The number of hydrogen-bond donors (Lipinski definition) is 0. The van der Waals surface area contributed by atoms with Gasteiger partial charge in [0.05, 0.1) is 13.0 Å². The summed E-state index contributed by atoms with van der Waals surface area (Å²) in [7, 11) is 4.16. The number of nitrogens with zero attached hydrogens (tertiary/aromatic N) is 1. The van der Waals surface area contributed by atoms with Crippen LogP contribution in [0.2, 0.25) is 0 Å². The van der Waals surface area contributed by atoms with Crippen LogP contribution in [0.4, 0.5) is 0 Å². The molecule has 46 heavy (non-hydrogen) atoms. The molecule has 0 aliphatic heterocycles. The zero-order valence-corrected chi connectivity index (χ0v) is 29.6. The molecule has 0 spiro atoms. The third-order valence-electron chi connectivity index (χ3n) is 8.71. The first kappa shape index (κ1) is 38.8. The van der Waals surface area contributed by atoms with Crippen molar-refractivity contribution in [2.24, 2.45) is 11.8 Å². The summed E-state index contributed by atoms with van der Waals surface area (Å²) in [6.07, 6.45) is 13.1. The van der Waals surface area contributed by atoms with E-state index in [1.165, 1.54) is 29.2 Å². The van der Waals surface area contributed by atoms with Gasteiger partial charge in [-0.25, -0.2) is 0 Å². The maximum absolute atomic E-state index is 12.9. The van der Waals surface area contributed by atoms with Gasteiger partial charge in [0.25, 0.3) is 0 Å². The molecule has 1 aromatic carbocycles. The van der Waals surface area contributed by atoms with Crippen LogP contribution in [0.15, 0.2) is 35.9 Å². The Hall–Kier alpha value is -3.41. The molecule has 2 rings (SSSR count). The molecule has 0 bridgehead atoms. The van der Waals surface area contributed by atoms with E-state index >= 15 is 0 Å². The van der Waals surface area contributed by atoms with Crippen LogP contribution in [-0.2, 0) is 14.4 Å². The van der Waals surface area contributed by atoms with Gasteiger partial charge >= 0.3 is 0 Å². The van der Waals surface area contributed by atoms with E-state index in [9.17, 15) is 14.4 Å². The molecule has 250 valence electrons. The number of benzene rings is 1. The minimum Gasteiger partial charge on any atom is -0.493 e. The standard InChI is InChI=1S/C41H57NO4/c1-8-10-17-34(18-15-28-42(6)7)29-38(45)20-13-14-21-39(36-25-27-40(35-23-24-35)41(30-36)46-9-2)33(5)31(3)16-11-12-19-37(44)26-22-32(4)43/h23,25,27,29-31,33,39H,8-11,15-18,20-22,24,26,28H2,1-7H3/b34-29+/t31-,33-,39-/m0/s1. The van der Waals surface area contributed by atoms with Crippen molar-refractivity contribution in [3.05, 3.63) is 47.1 Å². The third kappa shape index (κ3) is 15.2. The normalized spacial score (nSPS) is 14.3. The smallest absolute Gasteiger partial charge is 0.205 e. The fourth-order valence-electron chi connectivity index (χ4n) is 5.57. The lowest BCUT2D eigenvalue weighted by Crippen LogP contribution is -2.18. The van der Waals surface area contributed by atoms with E-state index in [2.05, 4.69) is 87.7 Å². The molecule has 0 fully saturated rings. The highest BCUT2D eigenvalue weighted by molar-refractivity contribution is 5.97. The highest BCUT2D eigenvalue weighted by atomic mass is 16.5.